The number of rotatable bonds is 8. The van der Waals surface area contributed by atoms with Crippen LogP contribution in [-0.2, 0) is 16.6 Å². The summed E-state index contributed by atoms with van der Waals surface area (Å²) in [4.78, 5) is 4.15. The van der Waals surface area contributed by atoms with Crippen molar-refractivity contribution < 1.29 is 13.2 Å². The van der Waals surface area contributed by atoms with Crippen molar-refractivity contribution in [3.63, 3.8) is 0 Å². The molecule has 0 amide bonds. The lowest BCUT2D eigenvalue weighted by molar-refractivity contribution is 0.402. The fourth-order valence-electron chi connectivity index (χ4n) is 2.12. The first-order chi connectivity index (χ1) is 10.5. The lowest BCUT2D eigenvalue weighted by atomic mass is 10.2. The third-order valence-corrected chi connectivity index (χ3v) is 4.79. The molecular formula is C15H21N3O3S. The van der Waals surface area contributed by atoms with Crippen LogP contribution >= 0.6 is 0 Å². The zero-order valence-corrected chi connectivity index (χ0v) is 13.6. The van der Waals surface area contributed by atoms with Crippen molar-refractivity contribution in [1.82, 2.24) is 14.3 Å². The molecule has 0 atom stereocenters. The van der Waals surface area contributed by atoms with Gasteiger partial charge in [0.25, 0.3) is 0 Å². The van der Waals surface area contributed by atoms with Crippen LogP contribution in [0.4, 0.5) is 0 Å². The topological polar surface area (TPSA) is 73.2 Å². The molecule has 6 nitrogen and oxygen atoms in total. The predicted molar refractivity (Wildman–Crippen MR) is 84.4 cm³/mol. The fraction of sp³-hybridized carbons (Fsp3) is 0.400. The summed E-state index contributed by atoms with van der Waals surface area (Å²) < 4.78 is 34.4. The summed E-state index contributed by atoms with van der Waals surface area (Å²) in [5, 5.41) is 0. The molecule has 1 N–H and O–H groups in total. The highest BCUT2D eigenvalue weighted by molar-refractivity contribution is 7.89. The van der Waals surface area contributed by atoms with Crippen LogP contribution in [0, 0.1) is 6.92 Å². The standard InChI is InChI=1S/C15H21N3O3S/c1-13-5-6-14(21-2)15(11-13)22(19,20)17-7-3-4-9-18-10-8-16-12-18/h5-6,8,10-12,17H,3-4,7,9H2,1-2H3. The smallest absolute Gasteiger partial charge is 0.244 e. The van der Waals surface area contributed by atoms with Crippen molar-refractivity contribution in [2.45, 2.75) is 31.2 Å². The number of aryl methyl sites for hydroxylation is 2. The minimum atomic E-state index is -3.55. The highest BCUT2D eigenvalue weighted by atomic mass is 32.2. The highest BCUT2D eigenvalue weighted by Gasteiger charge is 2.18. The highest BCUT2D eigenvalue weighted by Crippen LogP contribution is 2.24. The molecule has 1 heterocycles. The Kier molecular flexibility index (Phi) is 5.57. The monoisotopic (exact) mass is 323 g/mol. The zero-order valence-electron chi connectivity index (χ0n) is 12.8. The summed E-state index contributed by atoms with van der Waals surface area (Å²) in [5.41, 5.74) is 0.876. The van der Waals surface area contributed by atoms with Crippen LogP contribution in [0.3, 0.4) is 0 Å². The quantitative estimate of drug-likeness (QED) is 0.754. The third-order valence-electron chi connectivity index (χ3n) is 3.30. The van der Waals surface area contributed by atoms with Crippen molar-refractivity contribution in [1.29, 1.82) is 0 Å². The van der Waals surface area contributed by atoms with Gasteiger partial charge in [-0.15, -0.1) is 0 Å². The summed E-state index contributed by atoms with van der Waals surface area (Å²) in [6.07, 6.45) is 7.01. The lowest BCUT2D eigenvalue weighted by Crippen LogP contribution is -2.25. The number of ether oxygens (including phenoxy) is 1. The molecule has 120 valence electrons. The number of hydrogen-bond acceptors (Lipinski definition) is 4. The number of unbranched alkanes of at least 4 members (excludes halogenated alkanes) is 1. The summed E-state index contributed by atoms with van der Waals surface area (Å²) in [6, 6.07) is 5.11. The molecule has 0 unspecified atom stereocenters. The molecule has 7 heteroatoms. The number of aromatic nitrogens is 2. The summed E-state index contributed by atoms with van der Waals surface area (Å²) in [5.74, 6) is 0.358. The average molecular weight is 323 g/mol. The number of benzene rings is 1. The van der Waals surface area contributed by atoms with Crippen LogP contribution in [-0.4, -0.2) is 31.6 Å². The Hall–Kier alpha value is -1.86. The number of sulfonamides is 1. The average Bonchev–Trinajstić information content (AvgIpc) is 3.00. The van der Waals surface area contributed by atoms with Crippen LogP contribution < -0.4 is 9.46 Å². The molecule has 0 bridgehead atoms. The van der Waals surface area contributed by atoms with Gasteiger partial charge in [0.05, 0.1) is 13.4 Å². The molecule has 0 saturated carbocycles. The number of imidazole rings is 1. The second-order valence-corrected chi connectivity index (χ2v) is 6.80. The van der Waals surface area contributed by atoms with Gasteiger partial charge in [-0.05, 0) is 37.5 Å². The van der Waals surface area contributed by atoms with E-state index in [9.17, 15) is 8.42 Å². The Bertz CT molecular complexity index is 697. The van der Waals surface area contributed by atoms with Crippen LogP contribution in [0.5, 0.6) is 5.75 Å². The molecule has 0 aliphatic heterocycles. The maximum absolute atomic E-state index is 12.3. The number of hydrogen-bond donors (Lipinski definition) is 1. The zero-order chi connectivity index (χ0) is 16.0. The summed E-state index contributed by atoms with van der Waals surface area (Å²) in [7, 11) is -2.09. The van der Waals surface area contributed by atoms with Gasteiger partial charge >= 0.3 is 0 Å². The first-order valence-corrected chi connectivity index (χ1v) is 8.61. The van der Waals surface area contributed by atoms with E-state index in [1.54, 1.807) is 24.7 Å². The third kappa shape index (κ3) is 4.32. The number of methoxy groups -OCH3 is 1. The normalized spacial score (nSPS) is 11.5. The Balaban J connectivity index is 1.89. The SMILES string of the molecule is COc1ccc(C)cc1S(=O)(=O)NCCCCn1ccnc1. The molecule has 0 saturated heterocycles. The van der Waals surface area contributed by atoms with E-state index >= 15 is 0 Å². The molecule has 0 aliphatic carbocycles. The Morgan fingerprint density at radius 1 is 1.32 bits per heavy atom. The van der Waals surface area contributed by atoms with Gasteiger partial charge in [-0.2, -0.15) is 0 Å². The van der Waals surface area contributed by atoms with Crippen molar-refractivity contribution in [2.75, 3.05) is 13.7 Å². The molecule has 0 spiro atoms. The van der Waals surface area contributed by atoms with Crippen LogP contribution in [0.2, 0.25) is 0 Å². The van der Waals surface area contributed by atoms with Crippen molar-refractivity contribution >= 4 is 10.0 Å². The minimum Gasteiger partial charge on any atom is -0.495 e. The molecule has 0 fully saturated rings. The first-order valence-electron chi connectivity index (χ1n) is 7.13. The largest absolute Gasteiger partial charge is 0.495 e. The molecular weight excluding hydrogens is 302 g/mol. The van der Waals surface area contributed by atoms with Gasteiger partial charge in [0.2, 0.25) is 10.0 Å². The number of nitrogens with one attached hydrogen (secondary N) is 1. The van der Waals surface area contributed by atoms with Gasteiger partial charge in [0.15, 0.2) is 0 Å². The van der Waals surface area contributed by atoms with E-state index in [-0.39, 0.29) is 4.90 Å². The van der Waals surface area contributed by atoms with Gasteiger partial charge in [-0.25, -0.2) is 18.1 Å². The van der Waals surface area contributed by atoms with E-state index in [0.29, 0.717) is 12.3 Å². The van der Waals surface area contributed by atoms with Gasteiger partial charge in [-0.3, -0.25) is 0 Å². The van der Waals surface area contributed by atoms with Crippen molar-refractivity contribution in [2.24, 2.45) is 0 Å². The molecule has 1 aromatic heterocycles. The van der Waals surface area contributed by atoms with Crippen LogP contribution in [0.1, 0.15) is 18.4 Å². The minimum absolute atomic E-state index is 0.185. The van der Waals surface area contributed by atoms with Gasteiger partial charge in [-0.1, -0.05) is 6.07 Å². The molecule has 0 radical (unpaired) electrons. The Morgan fingerprint density at radius 2 is 2.14 bits per heavy atom. The fourth-order valence-corrected chi connectivity index (χ4v) is 3.44. The Morgan fingerprint density at radius 3 is 2.82 bits per heavy atom. The predicted octanol–water partition coefficient (Wildman–Crippen LogP) is 1.96. The summed E-state index contributed by atoms with van der Waals surface area (Å²) in [6.45, 7) is 3.08. The van der Waals surface area contributed by atoms with Crippen molar-refractivity contribution in [3.05, 3.63) is 42.5 Å². The summed E-state index contributed by atoms with van der Waals surface area (Å²) >= 11 is 0. The molecule has 1 aromatic carbocycles. The second kappa shape index (κ2) is 7.42. The molecule has 2 aromatic rings. The lowest BCUT2D eigenvalue weighted by Gasteiger charge is -2.11. The van der Waals surface area contributed by atoms with E-state index in [4.69, 9.17) is 4.74 Å². The second-order valence-electron chi connectivity index (χ2n) is 5.06. The van der Waals surface area contributed by atoms with Gasteiger partial charge in [0.1, 0.15) is 10.6 Å². The molecule has 2 rings (SSSR count). The van der Waals surface area contributed by atoms with Crippen LogP contribution in [0.15, 0.2) is 41.8 Å². The molecule has 22 heavy (non-hydrogen) atoms. The van der Waals surface area contributed by atoms with Crippen LogP contribution in [0.25, 0.3) is 0 Å². The Labute approximate surface area is 131 Å². The van der Waals surface area contributed by atoms with E-state index in [2.05, 4.69) is 9.71 Å². The van der Waals surface area contributed by atoms with E-state index < -0.39 is 10.0 Å². The van der Waals surface area contributed by atoms with Gasteiger partial charge < -0.3 is 9.30 Å². The molecule has 0 aliphatic rings. The van der Waals surface area contributed by atoms with E-state index in [1.165, 1.54) is 7.11 Å². The van der Waals surface area contributed by atoms with Gasteiger partial charge in [0, 0.05) is 25.5 Å². The van der Waals surface area contributed by atoms with E-state index in [1.807, 2.05) is 23.8 Å². The number of nitrogens with zero attached hydrogens (tertiary/aromatic N) is 2. The maximum atomic E-state index is 12.3. The van der Waals surface area contributed by atoms with Crippen molar-refractivity contribution in [3.8, 4) is 5.75 Å². The first kappa shape index (κ1) is 16.5. The maximum Gasteiger partial charge on any atom is 0.244 e. The van der Waals surface area contributed by atoms with E-state index in [0.717, 1.165) is 24.9 Å².